The van der Waals surface area contributed by atoms with Crippen LogP contribution >= 0.6 is 0 Å². The lowest BCUT2D eigenvalue weighted by Crippen LogP contribution is -2.51. The second-order valence-corrected chi connectivity index (χ2v) is 7.51. The Bertz CT molecular complexity index is 626. The molecule has 0 spiro atoms. The molecular formula is C15H22N2O3S. The second kappa shape index (κ2) is 6.25. The third kappa shape index (κ3) is 3.33. The van der Waals surface area contributed by atoms with E-state index in [4.69, 9.17) is 5.73 Å². The predicted octanol–water partition coefficient (Wildman–Crippen LogP) is 1.78. The maximum Gasteiger partial charge on any atom is 0.243 e. The Morgan fingerprint density at radius 2 is 2.10 bits per heavy atom. The van der Waals surface area contributed by atoms with E-state index in [0.717, 1.165) is 19.3 Å². The van der Waals surface area contributed by atoms with E-state index in [1.807, 2.05) is 6.92 Å². The summed E-state index contributed by atoms with van der Waals surface area (Å²) in [7, 11) is -3.61. The molecule has 1 aromatic rings. The highest BCUT2D eigenvalue weighted by Crippen LogP contribution is 2.27. The van der Waals surface area contributed by atoms with E-state index in [0.29, 0.717) is 12.1 Å². The number of nitrogens with two attached hydrogens (primary N) is 1. The summed E-state index contributed by atoms with van der Waals surface area (Å²) in [6.45, 7) is 3.75. The number of carbonyl (C=O) groups excluding carboxylic acids is 1. The monoisotopic (exact) mass is 310 g/mol. The zero-order valence-corrected chi connectivity index (χ0v) is 13.3. The number of Topliss-reactive ketones (excluding diaryl/α,β-unsaturated/α-hetero) is 1. The Morgan fingerprint density at radius 1 is 1.38 bits per heavy atom. The highest BCUT2D eigenvalue weighted by atomic mass is 32.2. The Labute approximate surface area is 126 Å². The number of benzene rings is 1. The molecule has 0 radical (unpaired) electrons. The van der Waals surface area contributed by atoms with Crippen molar-refractivity contribution in [2.75, 3.05) is 6.54 Å². The van der Waals surface area contributed by atoms with Crippen molar-refractivity contribution < 1.29 is 13.2 Å². The van der Waals surface area contributed by atoms with Crippen LogP contribution < -0.4 is 5.73 Å². The van der Waals surface area contributed by atoms with Crippen LogP contribution in [0.1, 0.15) is 43.5 Å². The molecule has 116 valence electrons. The van der Waals surface area contributed by atoms with Crippen LogP contribution in [0, 0.1) is 0 Å². The van der Waals surface area contributed by atoms with Gasteiger partial charge in [0, 0.05) is 24.2 Å². The van der Waals surface area contributed by atoms with Gasteiger partial charge in [0.15, 0.2) is 5.78 Å². The molecule has 5 nitrogen and oxygen atoms in total. The van der Waals surface area contributed by atoms with Gasteiger partial charge in [0.25, 0.3) is 0 Å². The molecule has 2 rings (SSSR count). The van der Waals surface area contributed by atoms with Crippen LogP contribution in [-0.4, -0.2) is 37.1 Å². The smallest absolute Gasteiger partial charge is 0.243 e. The van der Waals surface area contributed by atoms with Crippen molar-refractivity contribution in [2.24, 2.45) is 5.73 Å². The summed E-state index contributed by atoms with van der Waals surface area (Å²) in [5.74, 6) is -0.144. The molecule has 2 atom stereocenters. The number of sulfonamides is 1. The number of ketones is 1. The molecular weight excluding hydrogens is 288 g/mol. The van der Waals surface area contributed by atoms with Gasteiger partial charge in [-0.3, -0.25) is 4.79 Å². The lowest BCUT2D eigenvalue weighted by atomic mass is 10.00. The first kappa shape index (κ1) is 16.1. The van der Waals surface area contributed by atoms with E-state index in [9.17, 15) is 13.2 Å². The fourth-order valence-corrected chi connectivity index (χ4v) is 4.59. The lowest BCUT2D eigenvalue weighted by molar-refractivity contribution is 0.101. The maximum absolute atomic E-state index is 12.8. The molecule has 6 heteroatoms. The molecule has 2 N–H and O–H groups in total. The highest BCUT2D eigenvalue weighted by molar-refractivity contribution is 7.89. The maximum atomic E-state index is 12.8. The SMILES string of the molecule is CC(=O)c1cccc(S(=O)(=O)N2CCCCC2C(C)N)c1. The number of hydrogen-bond donors (Lipinski definition) is 1. The van der Waals surface area contributed by atoms with Gasteiger partial charge in [0.1, 0.15) is 0 Å². The molecule has 1 aliphatic heterocycles. The molecule has 0 amide bonds. The molecule has 0 bridgehead atoms. The first-order valence-electron chi connectivity index (χ1n) is 7.22. The van der Waals surface area contributed by atoms with Gasteiger partial charge in [-0.05, 0) is 38.8 Å². The Balaban J connectivity index is 2.40. The summed E-state index contributed by atoms with van der Waals surface area (Å²) in [6.07, 6.45) is 2.61. The average Bonchev–Trinajstić information content (AvgIpc) is 2.47. The molecule has 0 aliphatic carbocycles. The minimum Gasteiger partial charge on any atom is -0.326 e. The summed E-state index contributed by atoms with van der Waals surface area (Å²) in [4.78, 5) is 11.6. The average molecular weight is 310 g/mol. The fourth-order valence-electron chi connectivity index (χ4n) is 2.77. The number of piperidine rings is 1. The molecule has 1 aliphatic rings. The van der Waals surface area contributed by atoms with E-state index >= 15 is 0 Å². The molecule has 2 unspecified atom stereocenters. The highest BCUT2D eigenvalue weighted by Gasteiger charge is 2.35. The van der Waals surface area contributed by atoms with Gasteiger partial charge >= 0.3 is 0 Å². The van der Waals surface area contributed by atoms with E-state index in [1.165, 1.54) is 23.4 Å². The molecule has 0 aromatic heterocycles. The van der Waals surface area contributed by atoms with E-state index in [1.54, 1.807) is 12.1 Å². The molecule has 1 aromatic carbocycles. The molecule has 1 saturated heterocycles. The largest absolute Gasteiger partial charge is 0.326 e. The van der Waals surface area contributed by atoms with Crippen LogP contribution in [0.25, 0.3) is 0 Å². The lowest BCUT2D eigenvalue weighted by Gasteiger charge is -2.36. The van der Waals surface area contributed by atoms with Gasteiger partial charge in [0.2, 0.25) is 10.0 Å². The van der Waals surface area contributed by atoms with Gasteiger partial charge in [0.05, 0.1) is 4.90 Å². The fraction of sp³-hybridized carbons (Fsp3) is 0.533. The molecule has 21 heavy (non-hydrogen) atoms. The van der Waals surface area contributed by atoms with Gasteiger partial charge in [-0.2, -0.15) is 4.31 Å². The summed E-state index contributed by atoms with van der Waals surface area (Å²) >= 11 is 0. The molecule has 0 saturated carbocycles. The Hall–Kier alpha value is -1.24. The molecule has 1 heterocycles. The quantitative estimate of drug-likeness (QED) is 0.860. The topological polar surface area (TPSA) is 80.5 Å². The van der Waals surface area contributed by atoms with Crippen LogP contribution in [0.2, 0.25) is 0 Å². The predicted molar refractivity (Wildman–Crippen MR) is 81.6 cm³/mol. The van der Waals surface area contributed by atoms with Crippen LogP contribution in [-0.2, 0) is 10.0 Å². The number of carbonyl (C=O) groups is 1. The van der Waals surface area contributed by atoms with E-state index in [-0.39, 0.29) is 22.8 Å². The van der Waals surface area contributed by atoms with Crippen molar-refractivity contribution in [1.29, 1.82) is 0 Å². The number of nitrogens with zero attached hydrogens (tertiary/aromatic N) is 1. The minimum absolute atomic E-state index is 0.144. The zero-order valence-electron chi connectivity index (χ0n) is 12.5. The minimum atomic E-state index is -3.61. The van der Waals surface area contributed by atoms with Gasteiger partial charge in [-0.1, -0.05) is 18.6 Å². The summed E-state index contributed by atoms with van der Waals surface area (Å²) in [5, 5.41) is 0. The summed E-state index contributed by atoms with van der Waals surface area (Å²) < 4.78 is 27.2. The number of rotatable bonds is 4. The van der Waals surface area contributed by atoms with Crippen molar-refractivity contribution in [2.45, 2.75) is 50.1 Å². The van der Waals surface area contributed by atoms with Crippen molar-refractivity contribution in [1.82, 2.24) is 4.31 Å². The summed E-state index contributed by atoms with van der Waals surface area (Å²) in [6, 6.07) is 5.83. The van der Waals surface area contributed by atoms with Crippen LogP contribution in [0.3, 0.4) is 0 Å². The van der Waals surface area contributed by atoms with E-state index < -0.39 is 10.0 Å². The first-order chi connectivity index (χ1) is 9.84. The third-order valence-electron chi connectivity index (χ3n) is 3.95. The van der Waals surface area contributed by atoms with Crippen molar-refractivity contribution in [3.63, 3.8) is 0 Å². The number of hydrogen-bond acceptors (Lipinski definition) is 4. The van der Waals surface area contributed by atoms with Gasteiger partial charge in [-0.15, -0.1) is 0 Å². The van der Waals surface area contributed by atoms with Gasteiger partial charge in [-0.25, -0.2) is 8.42 Å². The van der Waals surface area contributed by atoms with Crippen LogP contribution in [0.15, 0.2) is 29.2 Å². The van der Waals surface area contributed by atoms with Gasteiger partial charge < -0.3 is 5.73 Å². The van der Waals surface area contributed by atoms with E-state index in [2.05, 4.69) is 0 Å². The Kier molecular flexibility index (Phi) is 4.81. The Morgan fingerprint density at radius 3 is 2.71 bits per heavy atom. The van der Waals surface area contributed by atoms with Crippen molar-refractivity contribution in [3.05, 3.63) is 29.8 Å². The normalized spacial score (nSPS) is 22.0. The first-order valence-corrected chi connectivity index (χ1v) is 8.66. The zero-order chi connectivity index (χ0) is 15.6. The second-order valence-electron chi connectivity index (χ2n) is 5.62. The standard InChI is InChI=1S/C15H22N2O3S/c1-11(16)15-8-3-4-9-17(15)21(19,20)14-7-5-6-13(10-14)12(2)18/h5-7,10-11,15H,3-4,8-9,16H2,1-2H3. The molecule has 1 fully saturated rings. The van der Waals surface area contributed by atoms with Crippen LogP contribution in [0.4, 0.5) is 0 Å². The third-order valence-corrected chi connectivity index (χ3v) is 5.87. The van der Waals surface area contributed by atoms with Crippen molar-refractivity contribution in [3.8, 4) is 0 Å². The summed E-state index contributed by atoms with van der Waals surface area (Å²) in [5.41, 5.74) is 6.36. The van der Waals surface area contributed by atoms with Crippen molar-refractivity contribution >= 4 is 15.8 Å². The van der Waals surface area contributed by atoms with Crippen LogP contribution in [0.5, 0.6) is 0 Å².